The van der Waals surface area contributed by atoms with Crippen molar-refractivity contribution in [2.24, 2.45) is 0 Å². The molecule has 200 valence electrons. The van der Waals surface area contributed by atoms with E-state index in [0.717, 1.165) is 0 Å². The summed E-state index contributed by atoms with van der Waals surface area (Å²) in [5.41, 5.74) is 0. The first-order chi connectivity index (χ1) is 0. The molecule has 25 heavy (non-hydrogen) atoms. The molecule has 50 N–H and O–H groups in total. The van der Waals surface area contributed by atoms with Gasteiger partial charge in [0.25, 0.3) is 0 Å². The Morgan fingerprint density at radius 2 is 0.0400 bits per heavy atom. The van der Waals surface area contributed by atoms with Crippen molar-refractivity contribution in [3.63, 3.8) is 0 Å². The van der Waals surface area contributed by atoms with Gasteiger partial charge in [0.15, 0.2) is 0 Å². The monoisotopic (exact) mass is 450 g/mol. The lowest BCUT2D eigenvalue weighted by molar-refractivity contribution is 0.823. The molecular weight excluding hydrogens is 400 g/mol. The second-order valence-electron chi connectivity index (χ2n) is 0. The number of rotatable bonds is 0. The molecule has 0 fully saturated rings. The van der Waals surface area contributed by atoms with E-state index in [2.05, 4.69) is 0 Å². The van der Waals surface area contributed by atoms with Crippen LogP contribution in [-0.4, -0.2) is 137 Å². The van der Waals surface area contributed by atoms with Gasteiger partial charge in [-0.05, 0) is 0 Å². The molecule has 0 radical (unpaired) electrons. The van der Waals surface area contributed by atoms with Crippen LogP contribution in [0.1, 0.15) is 0 Å². The molecule has 0 rings (SSSR count). The zero-order chi connectivity index (χ0) is 0. The van der Waals surface area contributed by atoms with Crippen molar-refractivity contribution >= 4 is 0 Å². The fraction of sp³-hybridized carbons (Fsp3) is 0. The third-order valence-corrected chi connectivity index (χ3v) is 0. The van der Waals surface area contributed by atoms with E-state index in [0.29, 0.717) is 0 Å². The van der Waals surface area contributed by atoms with Gasteiger partial charge in [-0.25, -0.2) is 0 Å². The molecule has 0 aromatic carbocycles. The topological polar surface area (TPSA) is 788 Å². The van der Waals surface area contributed by atoms with E-state index in [4.69, 9.17) is 0 Å². The second kappa shape index (κ2) is 11100. The summed E-state index contributed by atoms with van der Waals surface area (Å²) in [4.78, 5) is 0. The van der Waals surface area contributed by atoms with Crippen molar-refractivity contribution in [3.8, 4) is 0 Å². The first-order valence-electron chi connectivity index (χ1n) is 0. The van der Waals surface area contributed by atoms with Crippen molar-refractivity contribution < 1.29 is 137 Å². The average Bonchev–Trinajstić information content (AvgIpc) is 0. The predicted octanol–water partition coefficient (Wildman–Crippen LogP) is -20.6. The van der Waals surface area contributed by atoms with Crippen molar-refractivity contribution in [2.75, 3.05) is 0 Å². The van der Waals surface area contributed by atoms with E-state index >= 15 is 0 Å². The maximum Gasteiger partial charge on any atom is -0.412 e. The van der Waals surface area contributed by atoms with Crippen LogP contribution in [0.4, 0.5) is 0 Å². The Morgan fingerprint density at radius 1 is 0.0400 bits per heavy atom. The van der Waals surface area contributed by atoms with Gasteiger partial charge < -0.3 is 137 Å². The van der Waals surface area contributed by atoms with Gasteiger partial charge in [-0.15, -0.1) is 0 Å². The molecular formula is H50O25. The molecule has 0 unspecified atom stereocenters. The molecule has 0 bridgehead atoms. The van der Waals surface area contributed by atoms with E-state index < -0.39 is 0 Å². The Labute approximate surface area is 138 Å². The fourth-order valence-electron chi connectivity index (χ4n) is 0. The SMILES string of the molecule is O.O.O.O.O.O.O.O.O.O.O.O.O.O.O.O.O.O.O.O.O.O.O.O.O. The summed E-state index contributed by atoms with van der Waals surface area (Å²) in [7, 11) is 0. The molecule has 25 heteroatoms. The van der Waals surface area contributed by atoms with Crippen molar-refractivity contribution in [1.82, 2.24) is 0 Å². The highest BCUT2D eigenvalue weighted by Gasteiger charge is -0.388. The highest BCUT2D eigenvalue weighted by Crippen LogP contribution is -0.265. The van der Waals surface area contributed by atoms with E-state index in [1.807, 2.05) is 0 Å². The lowest BCUT2D eigenvalue weighted by Gasteiger charge is -0.413. The number of hydrogen-bond donors (Lipinski definition) is 0. The Balaban J connectivity index is 0. The minimum absolute atomic E-state index is 0. The average molecular weight is 450 g/mol. The Morgan fingerprint density at radius 3 is 0.0400 bits per heavy atom. The van der Waals surface area contributed by atoms with Crippen LogP contribution < -0.4 is 0 Å². The van der Waals surface area contributed by atoms with Gasteiger partial charge >= 0.3 is 0 Å². The lowest BCUT2D eigenvalue weighted by Crippen LogP contribution is -0.290. The van der Waals surface area contributed by atoms with Gasteiger partial charge in [-0.3, -0.25) is 0 Å². The largest absolute Gasteiger partial charge is 0.412 e. The van der Waals surface area contributed by atoms with Crippen LogP contribution in [0.2, 0.25) is 0 Å². The quantitative estimate of drug-likeness (QED) is 0.331. The summed E-state index contributed by atoms with van der Waals surface area (Å²) >= 11 is 0. The van der Waals surface area contributed by atoms with Crippen molar-refractivity contribution in [3.05, 3.63) is 0 Å². The van der Waals surface area contributed by atoms with Crippen LogP contribution in [-0.2, 0) is 0 Å². The van der Waals surface area contributed by atoms with Gasteiger partial charge in [0.1, 0.15) is 0 Å². The Hall–Kier alpha value is -1.00. The summed E-state index contributed by atoms with van der Waals surface area (Å²) < 4.78 is 0. The second-order valence-corrected chi connectivity index (χ2v) is 0. The Kier molecular flexibility index (Phi) is 5650000. The maximum absolute atomic E-state index is 0. The summed E-state index contributed by atoms with van der Waals surface area (Å²) in [6, 6.07) is 0. The van der Waals surface area contributed by atoms with Crippen LogP contribution in [0.5, 0.6) is 0 Å². The zero-order valence-corrected chi connectivity index (χ0v) is 12.5. The zero-order valence-electron chi connectivity index (χ0n) is 12.5. The van der Waals surface area contributed by atoms with Crippen LogP contribution in [0.15, 0.2) is 0 Å². The molecule has 0 aliphatic rings. The Bertz CT molecular complexity index is 0. The first-order valence-corrected chi connectivity index (χ1v) is 0. The van der Waals surface area contributed by atoms with Gasteiger partial charge in [0.2, 0.25) is 0 Å². The van der Waals surface area contributed by atoms with Crippen LogP contribution in [0.25, 0.3) is 0 Å². The highest BCUT2D eigenvalue weighted by atomic mass is 16.0. The minimum atomic E-state index is 0. The standard InChI is InChI=1S/25H2O/h25*1H2. The molecule has 0 spiro atoms. The third-order valence-electron chi connectivity index (χ3n) is 0. The molecule has 0 amide bonds. The molecule has 25 nitrogen and oxygen atoms in total. The van der Waals surface area contributed by atoms with Crippen LogP contribution in [0.3, 0.4) is 0 Å². The first kappa shape index (κ1) is 12700. The van der Waals surface area contributed by atoms with Gasteiger partial charge in [-0.2, -0.15) is 0 Å². The van der Waals surface area contributed by atoms with E-state index in [1.165, 1.54) is 0 Å². The molecule has 0 saturated heterocycles. The molecule has 0 aliphatic heterocycles. The van der Waals surface area contributed by atoms with E-state index in [-0.39, 0.29) is 137 Å². The maximum atomic E-state index is 0. The molecule has 0 aromatic rings. The van der Waals surface area contributed by atoms with E-state index in [1.54, 1.807) is 0 Å². The van der Waals surface area contributed by atoms with E-state index in [9.17, 15) is 0 Å². The molecule has 0 atom stereocenters. The van der Waals surface area contributed by atoms with Crippen LogP contribution in [0, 0.1) is 0 Å². The molecule has 0 heterocycles. The summed E-state index contributed by atoms with van der Waals surface area (Å²) in [6.45, 7) is 0. The summed E-state index contributed by atoms with van der Waals surface area (Å²) in [5, 5.41) is 0. The summed E-state index contributed by atoms with van der Waals surface area (Å²) in [5.74, 6) is 0. The van der Waals surface area contributed by atoms with Gasteiger partial charge in [0, 0.05) is 0 Å². The fourth-order valence-corrected chi connectivity index (χ4v) is 0. The normalized spacial score (nSPS) is 0. The van der Waals surface area contributed by atoms with Crippen molar-refractivity contribution in [1.29, 1.82) is 0 Å². The lowest BCUT2D eigenvalue weighted by atomic mass is 16.0. The van der Waals surface area contributed by atoms with Crippen molar-refractivity contribution in [2.45, 2.75) is 0 Å². The highest BCUT2D eigenvalue weighted by molar-refractivity contribution is 0.848. The minimum Gasteiger partial charge on any atom is -0.412 e. The smallest absolute Gasteiger partial charge is 0.412 e. The molecule has 0 aliphatic carbocycles. The van der Waals surface area contributed by atoms with Gasteiger partial charge in [0.05, 0.1) is 0 Å². The molecule has 0 saturated carbocycles. The van der Waals surface area contributed by atoms with Crippen LogP contribution >= 0.6 is 0 Å². The predicted molar refractivity (Wildman–Crippen MR) is 90.3 cm³/mol. The third kappa shape index (κ3) is 10100. The summed E-state index contributed by atoms with van der Waals surface area (Å²) in [6.07, 6.45) is 0. The van der Waals surface area contributed by atoms with Gasteiger partial charge in [-0.1, -0.05) is 0 Å². The molecule has 0 aromatic heterocycles. The number of hydrogen-bond acceptors (Lipinski definition) is 0.